The maximum absolute atomic E-state index is 12.8. The number of nitrogens with zero attached hydrogens (tertiary/aromatic N) is 6. The van der Waals surface area contributed by atoms with E-state index in [1.807, 2.05) is 35.2 Å². The normalized spacial score (nSPS) is 15.8. The SMILES string of the molecule is O=S(=O)(c1ccc(Cl)cc1)N1CCN(c2nnnn2-c2ccccc2)CC1. The van der Waals surface area contributed by atoms with Crippen molar-refractivity contribution in [1.82, 2.24) is 24.5 Å². The van der Waals surface area contributed by atoms with E-state index in [1.54, 1.807) is 16.8 Å². The summed E-state index contributed by atoms with van der Waals surface area (Å²) in [7, 11) is -3.54. The van der Waals surface area contributed by atoms with Gasteiger partial charge in [0.15, 0.2) is 0 Å². The summed E-state index contributed by atoms with van der Waals surface area (Å²) >= 11 is 5.85. The van der Waals surface area contributed by atoms with Gasteiger partial charge < -0.3 is 4.90 Å². The van der Waals surface area contributed by atoms with Crippen LogP contribution in [0.2, 0.25) is 5.02 Å². The maximum atomic E-state index is 12.8. The first-order valence-corrected chi connectivity index (χ1v) is 10.2. The second kappa shape index (κ2) is 7.26. The third kappa shape index (κ3) is 3.53. The Kier molecular flexibility index (Phi) is 4.81. The molecule has 3 aromatic rings. The van der Waals surface area contributed by atoms with Crippen LogP contribution in [0.4, 0.5) is 5.95 Å². The lowest BCUT2D eigenvalue weighted by molar-refractivity contribution is 0.381. The van der Waals surface area contributed by atoms with Crippen LogP contribution in [0.5, 0.6) is 0 Å². The summed E-state index contributed by atoms with van der Waals surface area (Å²) in [6, 6.07) is 15.8. The summed E-state index contributed by atoms with van der Waals surface area (Å²) in [5, 5.41) is 12.5. The Morgan fingerprint density at radius 2 is 1.56 bits per heavy atom. The molecule has 1 fully saturated rings. The first-order valence-electron chi connectivity index (χ1n) is 8.40. The van der Waals surface area contributed by atoms with Crippen molar-refractivity contribution >= 4 is 27.6 Å². The minimum absolute atomic E-state index is 0.245. The molecule has 0 aliphatic carbocycles. The molecule has 0 N–H and O–H groups in total. The minimum Gasteiger partial charge on any atom is -0.337 e. The van der Waals surface area contributed by atoms with Gasteiger partial charge in [0, 0.05) is 31.2 Å². The van der Waals surface area contributed by atoms with Crippen LogP contribution in [0, 0.1) is 0 Å². The summed E-state index contributed by atoms with van der Waals surface area (Å²) in [4.78, 5) is 2.23. The fraction of sp³-hybridized carbons (Fsp3) is 0.235. The second-order valence-corrected chi connectivity index (χ2v) is 8.45. The lowest BCUT2D eigenvalue weighted by Crippen LogP contribution is -2.49. The molecular formula is C17H17ClN6O2S. The molecule has 0 unspecified atom stereocenters. The van der Waals surface area contributed by atoms with Gasteiger partial charge in [0.25, 0.3) is 0 Å². The van der Waals surface area contributed by atoms with E-state index >= 15 is 0 Å². The molecule has 1 aromatic heterocycles. The molecule has 1 aliphatic heterocycles. The average Bonchev–Trinajstić information content (AvgIpc) is 3.19. The van der Waals surface area contributed by atoms with E-state index in [-0.39, 0.29) is 4.90 Å². The predicted molar refractivity (Wildman–Crippen MR) is 102 cm³/mol. The summed E-state index contributed by atoms with van der Waals surface area (Å²) in [6.45, 7) is 1.71. The van der Waals surface area contributed by atoms with E-state index in [0.29, 0.717) is 37.1 Å². The Bertz CT molecular complexity index is 1020. The molecule has 1 saturated heterocycles. The number of halogens is 1. The number of hydrogen-bond donors (Lipinski definition) is 0. The van der Waals surface area contributed by atoms with Crippen molar-refractivity contribution in [2.24, 2.45) is 0 Å². The van der Waals surface area contributed by atoms with Gasteiger partial charge in [0.1, 0.15) is 0 Å². The highest BCUT2D eigenvalue weighted by Crippen LogP contribution is 2.22. The molecule has 2 aromatic carbocycles. The van der Waals surface area contributed by atoms with Gasteiger partial charge in [-0.15, -0.1) is 0 Å². The molecule has 0 spiro atoms. The average molecular weight is 405 g/mol. The highest BCUT2D eigenvalue weighted by atomic mass is 35.5. The van der Waals surface area contributed by atoms with Crippen LogP contribution in [0.25, 0.3) is 5.69 Å². The van der Waals surface area contributed by atoms with Crippen molar-refractivity contribution < 1.29 is 8.42 Å². The van der Waals surface area contributed by atoms with E-state index in [4.69, 9.17) is 11.6 Å². The Morgan fingerprint density at radius 3 is 2.22 bits per heavy atom. The van der Waals surface area contributed by atoms with Crippen LogP contribution in [-0.2, 0) is 10.0 Å². The molecule has 0 amide bonds. The largest absolute Gasteiger partial charge is 0.337 e. The monoisotopic (exact) mass is 404 g/mol. The molecule has 0 atom stereocenters. The topological polar surface area (TPSA) is 84.2 Å². The minimum atomic E-state index is -3.54. The van der Waals surface area contributed by atoms with Crippen LogP contribution in [0.15, 0.2) is 59.5 Å². The number of hydrogen-bond acceptors (Lipinski definition) is 6. The lowest BCUT2D eigenvalue weighted by atomic mass is 10.3. The molecule has 0 radical (unpaired) electrons. The van der Waals surface area contributed by atoms with Crippen molar-refractivity contribution in [2.75, 3.05) is 31.1 Å². The van der Waals surface area contributed by atoms with E-state index in [0.717, 1.165) is 5.69 Å². The molecule has 27 heavy (non-hydrogen) atoms. The molecular weight excluding hydrogens is 388 g/mol. The molecule has 2 heterocycles. The van der Waals surface area contributed by atoms with E-state index in [9.17, 15) is 8.42 Å². The van der Waals surface area contributed by atoms with E-state index in [2.05, 4.69) is 15.5 Å². The van der Waals surface area contributed by atoms with Gasteiger partial charge in [0.05, 0.1) is 10.6 Å². The second-order valence-electron chi connectivity index (χ2n) is 6.07. The van der Waals surface area contributed by atoms with Crippen LogP contribution in [0.3, 0.4) is 0 Å². The van der Waals surface area contributed by atoms with Crippen LogP contribution in [-0.4, -0.2) is 59.1 Å². The van der Waals surface area contributed by atoms with Crippen molar-refractivity contribution in [3.05, 3.63) is 59.6 Å². The van der Waals surface area contributed by atoms with Crippen LogP contribution in [0.1, 0.15) is 0 Å². The van der Waals surface area contributed by atoms with E-state index < -0.39 is 10.0 Å². The standard InChI is InChI=1S/C17H17ClN6O2S/c18-14-6-8-16(9-7-14)27(25,26)23-12-10-22(11-13-23)17-19-20-21-24(17)15-4-2-1-3-5-15/h1-9H,10-13H2. The van der Waals surface area contributed by atoms with Gasteiger partial charge in [0.2, 0.25) is 16.0 Å². The summed E-state index contributed by atoms with van der Waals surface area (Å²) < 4.78 is 28.7. The summed E-state index contributed by atoms with van der Waals surface area (Å²) in [6.07, 6.45) is 0. The maximum Gasteiger partial charge on any atom is 0.250 e. The first-order chi connectivity index (χ1) is 13.1. The summed E-state index contributed by atoms with van der Waals surface area (Å²) in [5.41, 5.74) is 0.855. The zero-order chi connectivity index (χ0) is 18.9. The number of sulfonamides is 1. The third-order valence-corrected chi connectivity index (χ3v) is 6.59. The molecule has 8 nitrogen and oxygen atoms in total. The fourth-order valence-electron chi connectivity index (χ4n) is 3.00. The summed E-state index contributed by atoms with van der Waals surface area (Å²) in [5.74, 6) is 0.602. The molecule has 0 bridgehead atoms. The fourth-order valence-corrected chi connectivity index (χ4v) is 4.55. The highest BCUT2D eigenvalue weighted by molar-refractivity contribution is 7.89. The zero-order valence-corrected chi connectivity index (χ0v) is 15.9. The molecule has 4 rings (SSSR count). The van der Waals surface area contributed by atoms with Crippen LogP contribution >= 0.6 is 11.6 Å². The first kappa shape index (κ1) is 17.9. The van der Waals surface area contributed by atoms with Gasteiger partial charge in [-0.05, 0) is 46.8 Å². The predicted octanol–water partition coefficient (Wildman–Crippen LogP) is 1.83. The van der Waals surface area contributed by atoms with Crippen molar-refractivity contribution in [3.63, 3.8) is 0 Å². The number of rotatable bonds is 4. The molecule has 1 aliphatic rings. The van der Waals surface area contributed by atoms with Gasteiger partial charge in [-0.3, -0.25) is 0 Å². The van der Waals surface area contributed by atoms with Crippen molar-refractivity contribution in [3.8, 4) is 5.69 Å². The Hall–Kier alpha value is -2.49. The Morgan fingerprint density at radius 1 is 0.889 bits per heavy atom. The zero-order valence-electron chi connectivity index (χ0n) is 14.3. The lowest BCUT2D eigenvalue weighted by Gasteiger charge is -2.34. The van der Waals surface area contributed by atoms with Crippen LogP contribution < -0.4 is 4.90 Å². The highest BCUT2D eigenvalue weighted by Gasteiger charge is 2.30. The third-order valence-electron chi connectivity index (χ3n) is 4.43. The number of piperazine rings is 1. The number of tetrazole rings is 1. The van der Waals surface area contributed by atoms with E-state index in [1.165, 1.54) is 16.4 Å². The number of anilines is 1. The Labute approximate surface area is 162 Å². The van der Waals surface area contributed by atoms with Gasteiger partial charge in [-0.1, -0.05) is 34.9 Å². The number of benzene rings is 2. The van der Waals surface area contributed by atoms with Crippen molar-refractivity contribution in [2.45, 2.75) is 4.90 Å². The van der Waals surface area contributed by atoms with Gasteiger partial charge in [-0.25, -0.2) is 8.42 Å². The van der Waals surface area contributed by atoms with Crippen molar-refractivity contribution in [1.29, 1.82) is 0 Å². The number of para-hydroxylation sites is 1. The number of aromatic nitrogens is 4. The molecule has 140 valence electrons. The van der Waals surface area contributed by atoms with Gasteiger partial charge in [-0.2, -0.15) is 8.99 Å². The quantitative estimate of drug-likeness (QED) is 0.659. The molecule has 0 saturated carbocycles. The molecule has 10 heteroatoms. The Balaban J connectivity index is 1.50. The van der Waals surface area contributed by atoms with Gasteiger partial charge >= 0.3 is 0 Å². The smallest absolute Gasteiger partial charge is 0.250 e.